The summed E-state index contributed by atoms with van der Waals surface area (Å²) in [7, 11) is 0. The van der Waals surface area contributed by atoms with Gasteiger partial charge in [0.25, 0.3) is 5.91 Å². The van der Waals surface area contributed by atoms with E-state index in [1.165, 1.54) is 6.42 Å². The highest BCUT2D eigenvalue weighted by Crippen LogP contribution is 2.75. The van der Waals surface area contributed by atoms with Crippen LogP contribution in [0.15, 0.2) is 0 Å². The molecule has 0 aromatic heterocycles. The van der Waals surface area contributed by atoms with Gasteiger partial charge < -0.3 is 9.64 Å². The largest absolute Gasteiger partial charge is 0.364 e. The van der Waals surface area contributed by atoms with Gasteiger partial charge >= 0.3 is 0 Å². The number of hydrogen-bond donors (Lipinski definition) is 0. The van der Waals surface area contributed by atoms with E-state index in [0.29, 0.717) is 5.92 Å². The molecular formula is C15H25NO2. The summed E-state index contributed by atoms with van der Waals surface area (Å²) in [6.45, 7) is 11.1. The van der Waals surface area contributed by atoms with Gasteiger partial charge in [-0.1, -0.05) is 13.8 Å². The lowest BCUT2D eigenvalue weighted by Gasteiger charge is -2.42. The van der Waals surface area contributed by atoms with Gasteiger partial charge in [-0.2, -0.15) is 0 Å². The summed E-state index contributed by atoms with van der Waals surface area (Å²) in [6.07, 6.45) is 3.39. The van der Waals surface area contributed by atoms with E-state index in [1.807, 2.05) is 4.90 Å². The maximum absolute atomic E-state index is 12.9. The zero-order valence-corrected chi connectivity index (χ0v) is 12.1. The lowest BCUT2D eigenvalue weighted by Crippen LogP contribution is -2.56. The van der Waals surface area contributed by atoms with E-state index < -0.39 is 5.60 Å². The number of nitrogens with zero attached hydrogens (tertiary/aromatic N) is 1. The van der Waals surface area contributed by atoms with Crippen molar-refractivity contribution in [3.8, 4) is 0 Å². The lowest BCUT2D eigenvalue weighted by molar-refractivity contribution is -0.166. The smallest absolute Gasteiger partial charge is 0.255 e. The minimum absolute atomic E-state index is 0.0599. The molecule has 0 spiro atoms. The van der Waals surface area contributed by atoms with E-state index in [-0.39, 0.29) is 16.7 Å². The van der Waals surface area contributed by atoms with Crippen LogP contribution in [0.5, 0.6) is 0 Å². The van der Waals surface area contributed by atoms with Crippen LogP contribution in [0.1, 0.15) is 47.0 Å². The first kappa shape index (κ1) is 12.5. The minimum atomic E-state index is -0.503. The Morgan fingerprint density at radius 3 is 2.50 bits per heavy atom. The minimum Gasteiger partial charge on any atom is -0.364 e. The molecule has 0 aromatic carbocycles. The zero-order chi connectivity index (χ0) is 13.2. The van der Waals surface area contributed by atoms with Crippen LogP contribution in [0, 0.1) is 16.7 Å². The van der Waals surface area contributed by atoms with Crippen molar-refractivity contribution in [2.45, 2.75) is 52.6 Å². The second kappa shape index (κ2) is 3.50. The highest BCUT2D eigenvalue weighted by molar-refractivity contribution is 5.88. The maximum atomic E-state index is 12.9. The Morgan fingerprint density at radius 2 is 2.00 bits per heavy atom. The fourth-order valence-electron chi connectivity index (χ4n) is 5.00. The lowest BCUT2D eigenvalue weighted by atomic mass is 9.66. The monoisotopic (exact) mass is 251 g/mol. The van der Waals surface area contributed by atoms with Crippen LogP contribution in [0.25, 0.3) is 0 Å². The van der Waals surface area contributed by atoms with Crippen LogP contribution in [0.3, 0.4) is 0 Å². The molecule has 0 radical (unpaired) electrons. The summed E-state index contributed by atoms with van der Waals surface area (Å²) < 4.78 is 6.13. The van der Waals surface area contributed by atoms with E-state index in [2.05, 4.69) is 27.7 Å². The molecule has 0 unspecified atom stereocenters. The van der Waals surface area contributed by atoms with Gasteiger partial charge in [0.1, 0.15) is 0 Å². The van der Waals surface area contributed by atoms with Crippen molar-refractivity contribution >= 4 is 5.91 Å². The average Bonchev–Trinajstić information content (AvgIpc) is 2.83. The van der Waals surface area contributed by atoms with Crippen molar-refractivity contribution in [3.63, 3.8) is 0 Å². The Kier molecular flexibility index (Phi) is 2.42. The van der Waals surface area contributed by atoms with E-state index >= 15 is 0 Å². The van der Waals surface area contributed by atoms with Gasteiger partial charge in [-0.3, -0.25) is 4.79 Å². The highest BCUT2D eigenvalue weighted by atomic mass is 16.5. The Labute approximate surface area is 110 Å². The summed E-state index contributed by atoms with van der Waals surface area (Å²) in [5.74, 6) is 0.941. The molecule has 4 bridgehead atoms. The molecule has 4 atom stereocenters. The first-order chi connectivity index (χ1) is 8.45. The van der Waals surface area contributed by atoms with Crippen molar-refractivity contribution in [3.05, 3.63) is 0 Å². The predicted octanol–water partition coefficient (Wildman–Crippen LogP) is 2.45. The number of ether oxygens (including phenoxy) is 1. The SMILES string of the molecule is CCN(CC)C(=O)[C@@]12C[C@H]3CC[C@]1(C)[C@]3(C)CO2. The number of carbonyl (C=O) groups is 1. The number of hydrogen-bond acceptors (Lipinski definition) is 2. The summed E-state index contributed by atoms with van der Waals surface area (Å²) in [5, 5.41) is 0. The summed E-state index contributed by atoms with van der Waals surface area (Å²) in [4.78, 5) is 14.9. The first-order valence-electron chi connectivity index (χ1n) is 7.38. The van der Waals surface area contributed by atoms with Crippen LogP contribution in [0.4, 0.5) is 0 Å². The predicted molar refractivity (Wildman–Crippen MR) is 70.2 cm³/mol. The molecule has 3 rings (SSSR count). The highest BCUT2D eigenvalue weighted by Gasteiger charge is 2.78. The average molecular weight is 251 g/mol. The van der Waals surface area contributed by atoms with Crippen LogP contribution >= 0.6 is 0 Å². The van der Waals surface area contributed by atoms with E-state index in [1.54, 1.807) is 0 Å². The molecule has 18 heavy (non-hydrogen) atoms. The van der Waals surface area contributed by atoms with Gasteiger partial charge in [-0.25, -0.2) is 0 Å². The van der Waals surface area contributed by atoms with Gasteiger partial charge in [0.05, 0.1) is 6.61 Å². The molecule has 1 saturated heterocycles. The molecule has 1 aliphatic heterocycles. The van der Waals surface area contributed by atoms with Gasteiger partial charge in [0.2, 0.25) is 0 Å². The molecular weight excluding hydrogens is 226 g/mol. The van der Waals surface area contributed by atoms with Crippen molar-refractivity contribution in [1.82, 2.24) is 4.90 Å². The number of likely N-dealkylation sites (N-methyl/N-ethyl adjacent to an activating group) is 1. The van der Waals surface area contributed by atoms with Crippen LogP contribution < -0.4 is 0 Å². The van der Waals surface area contributed by atoms with Crippen molar-refractivity contribution < 1.29 is 9.53 Å². The Bertz CT molecular complexity index is 392. The van der Waals surface area contributed by atoms with Crippen molar-refractivity contribution in [2.75, 3.05) is 19.7 Å². The molecule has 0 N–H and O–H groups in total. The Morgan fingerprint density at radius 1 is 1.33 bits per heavy atom. The fraction of sp³-hybridized carbons (Fsp3) is 0.933. The van der Waals surface area contributed by atoms with Crippen LogP contribution in [-0.4, -0.2) is 36.1 Å². The van der Waals surface area contributed by atoms with Crippen molar-refractivity contribution in [1.29, 1.82) is 0 Å². The Balaban J connectivity index is 2.00. The van der Waals surface area contributed by atoms with Gasteiger partial charge in [-0.15, -0.1) is 0 Å². The molecule has 3 aliphatic rings. The second-order valence-corrected chi connectivity index (χ2v) is 6.78. The molecule has 1 amide bonds. The molecule has 3 fully saturated rings. The fourth-order valence-corrected chi connectivity index (χ4v) is 5.00. The Hall–Kier alpha value is -0.570. The molecule has 102 valence electrons. The number of amides is 1. The standard InChI is InChI=1S/C15H25NO2/c1-5-16(6-2)12(17)15-9-11-7-8-14(15,4)13(11,3)10-18-15/h11H,5-10H2,1-4H3/t11-,13-,14-,15+/m1/s1. The third kappa shape index (κ3) is 1.05. The summed E-state index contributed by atoms with van der Waals surface area (Å²) in [6, 6.07) is 0. The second-order valence-electron chi connectivity index (χ2n) is 6.78. The topological polar surface area (TPSA) is 29.5 Å². The third-order valence-electron chi connectivity index (χ3n) is 6.59. The van der Waals surface area contributed by atoms with Crippen LogP contribution in [0.2, 0.25) is 0 Å². The van der Waals surface area contributed by atoms with Gasteiger partial charge in [-0.05, 0) is 39.0 Å². The molecule has 3 heteroatoms. The maximum Gasteiger partial charge on any atom is 0.255 e. The van der Waals surface area contributed by atoms with E-state index in [4.69, 9.17) is 4.74 Å². The van der Waals surface area contributed by atoms with Crippen LogP contribution in [-0.2, 0) is 9.53 Å². The van der Waals surface area contributed by atoms with Gasteiger partial charge in [0.15, 0.2) is 5.60 Å². The third-order valence-corrected chi connectivity index (χ3v) is 6.59. The molecule has 2 saturated carbocycles. The normalized spacial score (nSPS) is 48.8. The summed E-state index contributed by atoms with van der Waals surface area (Å²) in [5.41, 5.74) is -0.211. The zero-order valence-electron chi connectivity index (χ0n) is 12.1. The van der Waals surface area contributed by atoms with Crippen molar-refractivity contribution in [2.24, 2.45) is 16.7 Å². The quantitative estimate of drug-likeness (QED) is 0.771. The van der Waals surface area contributed by atoms with E-state index in [9.17, 15) is 4.79 Å². The first-order valence-corrected chi connectivity index (χ1v) is 7.38. The molecule has 2 aliphatic carbocycles. The molecule has 3 nitrogen and oxygen atoms in total. The molecule has 1 heterocycles. The number of carbonyl (C=O) groups excluding carboxylic acids is 1. The van der Waals surface area contributed by atoms with E-state index in [0.717, 1.165) is 32.5 Å². The van der Waals surface area contributed by atoms with Gasteiger partial charge in [0, 0.05) is 23.9 Å². The number of rotatable bonds is 3. The molecule has 0 aromatic rings. The summed E-state index contributed by atoms with van der Waals surface area (Å²) >= 11 is 0.